The van der Waals surface area contributed by atoms with E-state index >= 15 is 0 Å². The molecule has 2 aromatic heterocycles. The van der Waals surface area contributed by atoms with Crippen LogP contribution in [0.5, 0.6) is 0 Å². The van der Waals surface area contributed by atoms with Gasteiger partial charge in [0.1, 0.15) is 11.7 Å². The van der Waals surface area contributed by atoms with Gasteiger partial charge in [-0.25, -0.2) is 0 Å². The molecule has 9 nitrogen and oxygen atoms in total. The van der Waals surface area contributed by atoms with E-state index in [-0.39, 0.29) is 10.6 Å². The zero-order valence-electron chi connectivity index (χ0n) is 17.3. The zero-order valence-corrected chi connectivity index (χ0v) is 18.0. The van der Waals surface area contributed by atoms with Crippen LogP contribution in [-0.2, 0) is 6.67 Å². The fourth-order valence-corrected chi connectivity index (χ4v) is 3.96. The highest BCUT2D eigenvalue weighted by Crippen LogP contribution is 2.23. The predicted molar refractivity (Wildman–Crippen MR) is 122 cm³/mol. The third-order valence-corrected chi connectivity index (χ3v) is 5.78. The van der Waals surface area contributed by atoms with Crippen molar-refractivity contribution in [2.75, 3.05) is 31.1 Å². The number of aromatic nitrogens is 6. The van der Waals surface area contributed by atoms with Crippen LogP contribution in [0.3, 0.4) is 0 Å². The normalized spacial score (nSPS) is 14.6. The van der Waals surface area contributed by atoms with Gasteiger partial charge in [-0.3, -0.25) is 9.69 Å². The molecule has 1 saturated heterocycles. The van der Waals surface area contributed by atoms with Crippen molar-refractivity contribution in [2.24, 2.45) is 0 Å². The molecule has 0 atom stereocenters. The Kier molecular flexibility index (Phi) is 5.66. The molecule has 1 fully saturated rings. The first-order chi connectivity index (χ1) is 15.7. The van der Waals surface area contributed by atoms with Crippen molar-refractivity contribution in [1.29, 1.82) is 0 Å². The molecule has 0 aliphatic carbocycles. The summed E-state index contributed by atoms with van der Waals surface area (Å²) in [6, 6.07) is 19.0. The van der Waals surface area contributed by atoms with E-state index in [1.807, 2.05) is 60.7 Å². The van der Waals surface area contributed by atoms with Crippen LogP contribution in [-0.4, -0.2) is 61.1 Å². The molecular weight excluding hydrogens is 428 g/mol. The van der Waals surface area contributed by atoms with Crippen molar-refractivity contribution < 1.29 is 0 Å². The molecule has 0 amide bonds. The molecule has 4 aromatic rings. The molecule has 10 heteroatoms. The van der Waals surface area contributed by atoms with Gasteiger partial charge in [-0.2, -0.15) is 9.78 Å². The number of nitrogens with zero attached hydrogens (tertiary/aromatic N) is 8. The van der Waals surface area contributed by atoms with Gasteiger partial charge in [0, 0.05) is 31.7 Å². The number of para-hydroxylation sites is 1. The Morgan fingerprint density at radius 2 is 1.59 bits per heavy atom. The molecule has 162 valence electrons. The van der Waals surface area contributed by atoms with Crippen LogP contribution in [0.25, 0.3) is 17.1 Å². The predicted octanol–water partition coefficient (Wildman–Crippen LogP) is 2.32. The summed E-state index contributed by atoms with van der Waals surface area (Å²) in [5, 5.41) is 17.3. The van der Waals surface area contributed by atoms with E-state index in [0.29, 0.717) is 23.9 Å². The standard InChI is InChI=1S/C22H21ClN8O/c23-20-19(15-24-31(22(20)32)18-9-5-2-6-10-18)29-13-11-28(12-14-29)16-30-26-21(25-27-30)17-7-3-1-4-8-17/h1-10,15H,11-14,16H2. The summed E-state index contributed by atoms with van der Waals surface area (Å²) in [6.45, 7) is 3.54. The van der Waals surface area contributed by atoms with Crippen molar-refractivity contribution >= 4 is 17.3 Å². The Hall–Kier alpha value is -3.56. The SMILES string of the molecule is O=c1c(Cl)c(N2CCN(Cn3nnc(-c4ccccc4)n3)CC2)cnn1-c1ccccc1. The van der Waals surface area contributed by atoms with E-state index in [1.165, 1.54) is 4.68 Å². The van der Waals surface area contributed by atoms with Gasteiger partial charge in [-0.15, -0.1) is 15.0 Å². The Labute approximate surface area is 189 Å². The lowest BCUT2D eigenvalue weighted by Gasteiger charge is -2.35. The molecule has 1 aliphatic heterocycles. The van der Waals surface area contributed by atoms with Crippen molar-refractivity contribution in [1.82, 2.24) is 34.9 Å². The van der Waals surface area contributed by atoms with Crippen LogP contribution in [0.1, 0.15) is 0 Å². The minimum Gasteiger partial charge on any atom is -0.366 e. The van der Waals surface area contributed by atoms with Crippen LogP contribution >= 0.6 is 11.6 Å². The first kappa shape index (κ1) is 20.3. The number of hydrogen-bond donors (Lipinski definition) is 0. The molecule has 1 aliphatic rings. The van der Waals surface area contributed by atoms with Gasteiger partial charge < -0.3 is 4.90 Å². The molecule has 0 unspecified atom stereocenters. The van der Waals surface area contributed by atoms with Crippen molar-refractivity contribution in [3.8, 4) is 17.1 Å². The summed E-state index contributed by atoms with van der Waals surface area (Å²) < 4.78 is 1.32. The molecule has 0 bridgehead atoms. The minimum atomic E-state index is -0.321. The third-order valence-electron chi connectivity index (χ3n) is 5.43. The van der Waals surface area contributed by atoms with E-state index in [2.05, 4.69) is 30.3 Å². The smallest absolute Gasteiger partial charge is 0.292 e. The molecule has 0 saturated carbocycles. The largest absolute Gasteiger partial charge is 0.366 e. The highest BCUT2D eigenvalue weighted by molar-refractivity contribution is 6.33. The molecule has 3 heterocycles. The summed E-state index contributed by atoms with van der Waals surface area (Å²) in [6.07, 6.45) is 1.66. The first-order valence-electron chi connectivity index (χ1n) is 10.3. The average Bonchev–Trinajstić information content (AvgIpc) is 3.31. The second-order valence-electron chi connectivity index (χ2n) is 7.49. The molecule has 0 spiro atoms. The number of rotatable bonds is 5. The van der Waals surface area contributed by atoms with Gasteiger partial charge in [0.15, 0.2) is 0 Å². The fraction of sp³-hybridized carbons (Fsp3) is 0.227. The molecule has 0 radical (unpaired) electrons. The molecule has 2 aromatic carbocycles. The lowest BCUT2D eigenvalue weighted by atomic mass is 10.2. The molecular formula is C22H21ClN8O. The summed E-state index contributed by atoms with van der Waals surface area (Å²) in [7, 11) is 0. The van der Waals surface area contributed by atoms with Crippen LogP contribution < -0.4 is 10.5 Å². The maximum absolute atomic E-state index is 12.8. The summed E-state index contributed by atoms with van der Waals surface area (Å²) in [5.74, 6) is 0.612. The lowest BCUT2D eigenvalue weighted by molar-refractivity contribution is 0.182. The third kappa shape index (κ3) is 4.12. The number of tetrazole rings is 1. The number of halogens is 1. The van der Waals surface area contributed by atoms with Gasteiger partial charge in [-0.05, 0) is 17.3 Å². The summed E-state index contributed by atoms with van der Waals surface area (Å²) >= 11 is 6.45. The van der Waals surface area contributed by atoms with Gasteiger partial charge >= 0.3 is 0 Å². The van der Waals surface area contributed by atoms with E-state index in [0.717, 1.165) is 31.7 Å². The Morgan fingerprint density at radius 3 is 2.31 bits per heavy atom. The van der Waals surface area contributed by atoms with Crippen LogP contribution in [0.15, 0.2) is 71.7 Å². The zero-order chi connectivity index (χ0) is 21.9. The van der Waals surface area contributed by atoms with E-state index < -0.39 is 0 Å². The van der Waals surface area contributed by atoms with Crippen LogP contribution in [0, 0.1) is 0 Å². The molecule has 5 rings (SSSR count). The van der Waals surface area contributed by atoms with E-state index in [9.17, 15) is 4.79 Å². The lowest BCUT2D eigenvalue weighted by Crippen LogP contribution is -2.47. The second kappa shape index (κ2) is 8.89. The highest BCUT2D eigenvalue weighted by Gasteiger charge is 2.22. The molecule has 32 heavy (non-hydrogen) atoms. The van der Waals surface area contributed by atoms with Crippen molar-refractivity contribution in [2.45, 2.75) is 6.67 Å². The van der Waals surface area contributed by atoms with Crippen molar-refractivity contribution in [3.05, 3.63) is 82.2 Å². The van der Waals surface area contributed by atoms with Crippen LogP contribution in [0.2, 0.25) is 5.02 Å². The molecule has 0 N–H and O–H groups in total. The maximum atomic E-state index is 12.8. The van der Waals surface area contributed by atoms with Crippen molar-refractivity contribution in [3.63, 3.8) is 0 Å². The first-order valence-corrected chi connectivity index (χ1v) is 10.7. The highest BCUT2D eigenvalue weighted by atomic mass is 35.5. The maximum Gasteiger partial charge on any atom is 0.292 e. The second-order valence-corrected chi connectivity index (χ2v) is 7.87. The number of benzene rings is 2. The Bertz CT molecular complexity index is 1250. The Balaban J connectivity index is 1.24. The van der Waals surface area contributed by atoms with Gasteiger partial charge in [0.25, 0.3) is 5.56 Å². The summed E-state index contributed by atoms with van der Waals surface area (Å²) in [4.78, 5) is 18.7. The monoisotopic (exact) mass is 448 g/mol. The topological polar surface area (TPSA) is 85.0 Å². The van der Waals surface area contributed by atoms with Crippen LogP contribution in [0.4, 0.5) is 5.69 Å². The number of piperazine rings is 1. The van der Waals surface area contributed by atoms with E-state index in [4.69, 9.17) is 11.6 Å². The quantitative estimate of drug-likeness (QED) is 0.463. The van der Waals surface area contributed by atoms with Gasteiger partial charge in [0.2, 0.25) is 5.82 Å². The van der Waals surface area contributed by atoms with E-state index in [1.54, 1.807) is 11.0 Å². The number of hydrogen-bond acceptors (Lipinski definition) is 7. The Morgan fingerprint density at radius 1 is 0.906 bits per heavy atom. The van der Waals surface area contributed by atoms with Gasteiger partial charge in [0.05, 0.1) is 17.6 Å². The van der Waals surface area contributed by atoms with Gasteiger partial charge in [-0.1, -0.05) is 60.1 Å². The number of anilines is 1. The summed E-state index contributed by atoms with van der Waals surface area (Å²) in [5.41, 5.74) is 1.97. The fourth-order valence-electron chi connectivity index (χ4n) is 3.71. The minimum absolute atomic E-state index is 0.183. The average molecular weight is 449 g/mol.